The van der Waals surface area contributed by atoms with E-state index < -0.39 is 17.7 Å². The van der Waals surface area contributed by atoms with Crippen molar-refractivity contribution >= 4 is 17.4 Å². The van der Waals surface area contributed by atoms with Crippen LogP contribution in [0, 0.1) is 6.92 Å². The Kier molecular flexibility index (Phi) is 7.51. The number of carbonyl (C=O) groups excluding carboxylic acids is 2. The lowest BCUT2D eigenvalue weighted by Gasteiger charge is -2.27. The average Bonchev–Trinajstić information content (AvgIpc) is 3.02. The van der Waals surface area contributed by atoms with Gasteiger partial charge in [-0.1, -0.05) is 51.1 Å². The third-order valence-corrected chi connectivity index (χ3v) is 6.13. The number of ether oxygens (including phenoxy) is 2. The second-order valence-electron chi connectivity index (χ2n) is 9.93. The van der Waals surface area contributed by atoms with Gasteiger partial charge in [0.05, 0.1) is 37.0 Å². The highest BCUT2D eigenvalue weighted by Crippen LogP contribution is 2.42. The Morgan fingerprint density at radius 2 is 1.79 bits per heavy atom. The number of carbonyl (C=O) groups is 2. The first-order valence-electron chi connectivity index (χ1n) is 11.6. The standard InChI is InChI=1S/C28H35NO5/c1-17(2)34-15-14-29-24(20-11-9-8-10-18(20)3)23(26(31)27(29)32)25(30)21-16-19(28(4,5)6)12-13-22(21)33-7/h8-13,16-17,24,30H,14-15H2,1-7H3/b25-23+. The molecule has 0 bridgehead atoms. The zero-order chi connectivity index (χ0) is 25.2. The molecule has 0 saturated carbocycles. The van der Waals surface area contributed by atoms with E-state index in [1.807, 2.05) is 57.2 Å². The van der Waals surface area contributed by atoms with Crippen molar-refractivity contribution in [1.82, 2.24) is 4.90 Å². The first-order valence-corrected chi connectivity index (χ1v) is 11.6. The fraction of sp³-hybridized carbons (Fsp3) is 0.429. The lowest BCUT2D eigenvalue weighted by Crippen LogP contribution is -2.33. The summed E-state index contributed by atoms with van der Waals surface area (Å²) in [7, 11) is 1.52. The summed E-state index contributed by atoms with van der Waals surface area (Å²) in [6.07, 6.45) is -0.00173. The molecule has 1 N–H and O–H groups in total. The fourth-order valence-corrected chi connectivity index (χ4v) is 4.22. The zero-order valence-electron chi connectivity index (χ0n) is 21.1. The molecule has 1 saturated heterocycles. The first-order chi connectivity index (χ1) is 16.0. The van der Waals surface area contributed by atoms with E-state index in [0.717, 1.165) is 16.7 Å². The molecule has 0 aromatic heterocycles. The highest BCUT2D eigenvalue weighted by atomic mass is 16.5. The Morgan fingerprint density at radius 3 is 2.38 bits per heavy atom. The minimum Gasteiger partial charge on any atom is -0.507 e. The average molecular weight is 466 g/mol. The predicted octanol–water partition coefficient (Wildman–Crippen LogP) is 5.15. The third kappa shape index (κ3) is 5.02. The van der Waals surface area contributed by atoms with E-state index >= 15 is 0 Å². The Labute approximate surface area is 202 Å². The number of aliphatic hydroxyl groups is 1. The van der Waals surface area contributed by atoms with Gasteiger partial charge in [0, 0.05) is 6.54 Å². The van der Waals surface area contributed by atoms with Gasteiger partial charge in [-0.15, -0.1) is 0 Å². The van der Waals surface area contributed by atoms with E-state index in [2.05, 4.69) is 20.8 Å². The van der Waals surface area contributed by atoms with Gasteiger partial charge in [-0.25, -0.2) is 0 Å². The monoisotopic (exact) mass is 465 g/mol. The van der Waals surface area contributed by atoms with Gasteiger partial charge >= 0.3 is 0 Å². The number of rotatable bonds is 7. The minimum atomic E-state index is -0.722. The van der Waals surface area contributed by atoms with E-state index in [-0.39, 0.29) is 36.0 Å². The van der Waals surface area contributed by atoms with Crippen molar-refractivity contribution in [2.45, 2.75) is 59.1 Å². The number of Topliss-reactive ketones (excluding diaryl/α,β-unsaturated/α-hetero) is 1. The van der Waals surface area contributed by atoms with Crippen molar-refractivity contribution < 1.29 is 24.2 Å². The Morgan fingerprint density at radius 1 is 1.12 bits per heavy atom. The lowest BCUT2D eigenvalue weighted by molar-refractivity contribution is -0.140. The molecule has 6 nitrogen and oxygen atoms in total. The maximum absolute atomic E-state index is 13.3. The molecule has 1 aliphatic heterocycles. The minimum absolute atomic E-state index is 0.00173. The van der Waals surface area contributed by atoms with Gasteiger partial charge in [0.1, 0.15) is 11.5 Å². The smallest absolute Gasteiger partial charge is 0.295 e. The van der Waals surface area contributed by atoms with Gasteiger partial charge in [0.2, 0.25) is 0 Å². The van der Waals surface area contributed by atoms with Gasteiger partial charge in [-0.05, 0) is 55.0 Å². The summed E-state index contributed by atoms with van der Waals surface area (Å²) in [6.45, 7) is 12.5. The van der Waals surface area contributed by atoms with Crippen LogP contribution in [0.2, 0.25) is 0 Å². The van der Waals surface area contributed by atoms with Crippen LogP contribution in [-0.2, 0) is 19.7 Å². The summed E-state index contributed by atoms with van der Waals surface area (Å²) >= 11 is 0. The molecule has 1 unspecified atom stereocenters. The second-order valence-corrected chi connectivity index (χ2v) is 9.93. The van der Waals surface area contributed by atoms with Crippen molar-refractivity contribution in [2.75, 3.05) is 20.3 Å². The van der Waals surface area contributed by atoms with Gasteiger partial charge < -0.3 is 19.5 Å². The number of nitrogens with zero attached hydrogens (tertiary/aromatic N) is 1. The van der Waals surface area contributed by atoms with Gasteiger partial charge in [0.15, 0.2) is 0 Å². The number of aryl methyl sites for hydroxylation is 1. The quantitative estimate of drug-likeness (QED) is 0.348. The van der Waals surface area contributed by atoms with Crippen LogP contribution in [-0.4, -0.2) is 48.1 Å². The molecule has 2 aromatic rings. The number of likely N-dealkylation sites (tertiary alicyclic amines) is 1. The van der Waals surface area contributed by atoms with Gasteiger partial charge in [0.25, 0.3) is 11.7 Å². The van der Waals surface area contributed by atoms with Crippen LogP contribution >= 0.6 is 0 Å². The van der Waals surface area contributed by atoms with E-state index in [1.165, 1.54) is 12.0 Å². The topological polar surface area (TPSA) is 76.1 Å². The summed E-state index contributed by atoms with van der Waals surface area (Å²) in [5.74, 6) is -1.16. The van der Waals surface area contributed by atoms with Crippen molar-refractivity contribution in [3.05, 3.63) is 70.3 Å². The maximum Gasteiger partial charge on any atom is 0.295 e. The second kappa shape index (κ2) is 10.0. The lowest BCUT2D eigenvalue weighted by atomic mass is 9.85. The molecule has 1 fully saturated rings. The normalized spacial score (nSPS) is 18.1. The van der Waals surface area contributed by atoms with Crippen LogP contribution in [0.25, 0.3) is 5.76 Å². The number of ketones is 1. The molecule has 1 aliphatic rings. The number of hydrogen-bond donors (Lipinski definition) is 1. The van der Waals surface area contributed by atoms with E-state index in [1.54, 1.807) is 6.07 Å². The molecule has 1 heterocycles. The Balaban J connectivity index is 2.22. The largest absolute Gasteiger partial charge is 0.507 e. The van der Waals surface area contributed by atoms with E-state index in [0.29, 0.717) is 11.3 Å². The van der Waals surface area contributed by atoms with Crippen molar-refractivity contribution in [3.8, 4) is 5.75 Å². The molecular weight excluding hydrogens is 430 g/mol. The molecular formula is C28H35NO5. The van der Waals surface area contributed by atoms with Crippen LogP contribution in [0.15, 0.2) is 48.0 Å². The third-order valence-electron chi connectivity index (χ3n) is 6.13. The van der Waals surface area contributed by atoms with E-state index in [4.69, 9.17) is 9.47 Å². The van der Waals surface area contributed by atoms with Crippen LogP contribution in [0.3, 0.4) is 0 Å². The number of amides is 1. The van der Waals surface area contributed by atoms with Crippen molar-refractivity contribution in [1.29, 1.82) is 0 Å². The maximum atomic E-state index is 13.3. The summed E-state index contributed by atoms with van der Waals surface area (Å²) in [5.41, 5.74) is 2.96. The molecule has 0 radical (unpaired) electrons. The number of aliphatic hydroxyl groups excluding tert-OH is 1. The molecule has 2 aromatic carbocycles. The van der Waals surface area contributed by atoms with Gasteiger partial charge in [-0.3, -0.25) is 9.59 Å². The Bertz CT molecular complexity index is 1110. The SMILES string of the molecule is COc1ccc(C(C)(C)C)cc1/C(O)=C1\C(=O)C(=O)N(CCOC(C)C)C1c1ccccc1C. The molecule has 0 aliphatic carbocycles. The first kappa shape index (κ1) is 25.5. The summed E-state index contributed by atoms with van der Waals surface area (Å²) in [4.78, 5) is 28.0. The van der Waals surface area contributed by atoms with E-state index in [9.17, 15) is 14.7 Å². The summed E-state index contributed by atoms with van der Waals surface area (Å²) < 4.78 is 11.2. The van der Waals surface area contributed by atoms with Crippen molar-refractivity contribution in [3.63, 3.8) is 0 Å². The zero-order valence-corrected chi connectivity index (χ0v) is 21.1. The summed E-state index contributed by atoms with van der Waals surface area (Å²) in [6, 6.07) is 12.4. The van der Waals surface area contributed by atoms with Crippen LogP contribution in [0.1, 0.15) is 62.9 Å². The molecule has 6 heteroatoms. The molecule has 3 rings (SSSR count). The fourth-order valence-electron chi connectivity index (χ4n) is 4.22. The summed E-state index contributed by atoms with van der Waals surface area (Å²) in [5, 5.41) is 11.5. The number of hydrogen-bond acceptors (Lipinski definition) is 5. The number of methoxy groups -OCH3 is 1. The molecule has 34 heavy (non-hydrogen) atoms. The van der Waals surface area contributed by atoms with Crippen molar-refractivity contribution in [2.24, 2.45) is 0 Å². The van der Waals surface area contributed by atoms with Crippen LogP contribution < -0.4 is 4.74 Å². The molecule has 1 amide bonds. The predicted molar refractivity (Wildman–Crippen MR) is 133 cm³/mol. The van der Waals surface area contributed by atoms with Crippen LogP contribution in [0.5, 0.6) is 5.75 Å². The molecule has 0 spiro atoms. The number of benzene rings is 2. The Hall–Kier alpha value is -3.12. The van der Waals surface area contributed by atoms with Crippen LogP contribution in [0.4, 0.5) is 0 Å². The van der Waals surface area contributed by atoms with Gasteiger partial charge in [-0.2, -0.15) is 0 Å². The highest BCUT2D eigenvalue weighted by Gasteiger charge is 2.46. The highest BCUT2D eigenvalue weighted by molar-refractivity contribution is 6.46. The molecule has 182 valence electrons. The molecule has 1 atom stereocenters.